The van der Waals surface area contributed by atoms with Crippen molar-refractivity contribution in [3.63, 3.8) is 0 Å². The third kappa shape index (κ3) is 1.72. The Morgan fingerprint density at radius 3 is 1.83 bits per heavy atom. The minimum absolute atomic E-state index is 0.131. The van der Waals surface area contributed by atoms with E-state index >= 15 is 0 Å². The Balaban J connectivity index is 2.71. The molecule has 96 valence electrons. The first kappa shape index (κ1) is 12.4. The normalized spacial score (nSPS) is 11.0. The monoisotopic (exact) mass is 265 g/mol. The van der Waals surface area contributed by atoms with Crippen LogP contribution in [0.15, 0.2) is 4.52 Å². The van der Waals surface area contributed by atoms with Gasteiger partial charge >= 0.3 is 0 Å². The van der Waals surface area contributed by atoms with Gasteiger partial charge in [-0.25, -0.2) is 22.0 Å². The minimum atomic E-state index is -2.26. The maximum atomic E-state index is 13.3. The molecule has 9 heteroatoms. The lowest BCUT2D eigenvalue weighted by molar-refractivity contribution is 0.372. The highest BCUT2D eigenvalue weighted by molar-refractivity contribution is 5.55. The molecular weight excluding hydrogens is 261 g/mol. The van der Waals surface area contributed by atoms with Crippen LogP contribution in [0.3, 0.4) is 0 Å². The van der Waals surface area contributed by atoms with Gasteiger partial charge in [0.1, 0.15) is 5.56 Å². The summed E-state index contributed by atoms with van der Waals surface area (Å²) in [5, 5.41) is 3.19. The zero-order valence-corrected chi connectivity index (χ0v) is 8.48. The third-order valence-corrected chi connectivity index (χ3v) is 2.07. The molecule has 0 saturated heterocycles. The molecule has 0 aliphatic carbocycles. The second-order valence-electron chi connectivity index (χ2n) is 3.16. The fraction of sp³-hybridized carbons (Fsp3) is 0.111. The predicted octanol–water partition coefficient (Wildman–Crippen LogP) is 1.89. The second kappa shape index (κ2) is 4.33. The highest BCUT2D eigenvalue weighted by Crippen LogP contribution is 2.30. The molecule has 4 nitrogen and oxygen atoms in total. The largest absolute Gasteiger partial charge is 0.334 e. The van der Waals surface area contributed by atoms with Crippen LogP contribution in [-0.2, 0) is 6.54 Å². The van der Waals surface area contributed by atoms with Crippen LogP contribution in [0.5, 0.6) is 0 Å². The van der Waals surface area contributed by atoms with Gasteiger partial charge < -0.3 is 10.3 Å². The van der Waals surface area contributed by atoms with Gasteiger partial charge in [0.25, 0.3) is 5.89 Å². The van der Waals surface area contributed by atoms with E-state index in [0.717, 1.165) is 0 Å². The molecule has 2 N–H and O–H groups in total. The molecule has 0 fully saturated rings. The van der Waals surface area contributed by atoms with Crippen LogP contribution in [-0.4, -0.2) is 10.1 Å². The molecule has 0 saturated carbocycles. The van der Waals surface area contributed by atoms with Gasteiger partial charge in [0.05, 0.1) is 6.54 Å². The topological polar surface area (TPSA) is 64.9 Å². The molecule has 0 amide bonds. The van der Waals surface area contributed by atoms with Crippen molar-refractivity contribution in [2.75, 3.05) is 0 Å². The fourth-order valence-corrected chi connectivity index (χ4v) is 1.23. The van der Waals surface area contributed by atoms with E-state index in [1.165, 1.54) is 0 Å². The lowest BCUT2D eigenvalue weighted by Gasteiger charge is -2.03. The van der Waals surface area contributed by atoms with Crippen molar-refractivity contribution in [3.05, 3.63) is 34.9 Å². The molecule has 18 heavy (non-hydrogen) atoms. The Morgan fingerprint density at radius 1 is 0.889 bits per heavy atom. The van der Waals surface area contributed by atoms with Gasteiger partial charge in [0.15, 0.2) is 29.1 Å². The highest BCUT2D eigenvalue weighted by Gasteiger charge is 2.29. The molecule has 0 unspecified atom stereocenters. The average molecular weight is 265 g/mol. The third-order valence-electron chi connectivity index (χ3n) is 2.07. The molecule has 0 radical (unpaired) electrons. The molecule has 1 aromatic carbocycles. The molecule has 1 aromatic heterocycles. The summed E-state index contributed by atoms with van der Waals surface area (Å²) in [6.07, 6.45) is 0. The van der Waals surface area contributed by atoms with Crippen molar-refractivity contribution in [1.29, 1.82) is 0 Å². The van der Waals surface area contributed by atoms with Gasteiger partial charge in [-0.3, -0.25) is 0 Å². The molecule has 0 atom stereocenters. The average Bonchev–Trinajstić information content (AvgIpc) is 2.83. The van der Waals surface area contributed by atoms with Crippen LogP contribution in [0.4, 0.5) is 22.0 Å². The van der Waals surface area contributed by atoms with Crippen molar-refractivity contribution >= 4 is 0 Å². The lowest BCUT2D eigenvalue weighted by atomic mass is 10.1. The van der Waals surface area contributed by atoms with E-state index < -0.39 is 40.5 Å². The van der Waals surface area contributed by atoms with Gasteiger partial charge in [-0.15, -0.1) is 0 Å². The summed E-state index contributed by atoms with van der Waals surface area (Å²) in [7, 11) is 0. The van der Waals surface area contributed by atoms with Crippen molar-refractivity contribution in [2.45, 2.75) is 6.54 Å². The summed E-state index contributed by atoms with van der Waals surface area (Å²) in [4.78, 5) is 3.39. The van der Waals surface area contributed by atoms with E-state index in [-0.39, 0.29) is 12.4 Å². The number of rotatable bonds is 2. The van der Waals surface area contributed by atoms with Crippen LogP contribution < -0.4 is 5.73 Å². The summed E-state index contributed by atoms with van der Waals surface area (Å²) in [5.74, 6) is -11.5. The molecule has 0 spiro atoms. The Hall–Kier alpha value is -2.03. The van der Waals surface area contributed by atoms with Crippen LogP contribution in [0.25, 0.3) is 11.5 Å². The van der Waals surface area contributed by atoms with Crippen molar-refractivity contribution in [3.8, 4) is 11.5 Å². The smallest absolute Gasteiger partial charge is 0.264 e. The predicted molar refractivity (Wildman–Crippen MR) is 47.4 cm³/mol. The number of halogens is 5. The number of nitrogens with zero attached hydrogens (tertiary/aromatic N) is 2. The van der Waals surface area contributed by atoms with Crippen LogP contribution in [0, 0.1) is 29.1 Å². The number of benzene rings is 1. The second-order valence-corrected chi connectivity index (χ2v) is 3.16. The van der Waals surface area contributed by atoms with Gasteiger partial charge in [-0.2, -0.15) is 4.98 Å². The molecular formula is C9H4F5N3O. The van der Waals surface area contributed by atoms with Crippen molar-refractivity contribution in [2.24, 2.45) is 5.73 Å². The van der Waals surface area contributed by atoms with E-state index in [1.54, 1.807) is 0 Å². The first-order valence-corrected chi connectivity index (χ1v) is 4.51. The fourth-order valence-electron chi connectivity index (χ4n) is 1.23. The summed E-state index contributed by atoms with van der Waals surface area (Å²) >= 11 is 0. The summed E-state index contributed by atoms with van der Waals surface area (Å²) in [5.41, 5.74) is 3.84. The summed E-state index contributed by atoms with van der Waals surface area (Å²) in [6.45, 7) is -0.209. The zero-order chi connectivity index (χ0) is 13.4. The van der Waals surface area contributed by atoms with Gasteiger partial charge in [-0.1, -0.05) is 5.16 Å². The SMILES string of the molecule is NCc1noc(-c2c(F)c(F)c(F)c(F)c2F)n1. The van der Waals surface area contributed by atoms with Crippen LogP contribution in [0.1, 0.15) is 5.82 Å². The highest BCUT2D eigenvalue weighted by atomic mass is 19.2. The maximum Gasteiger partial charge on any atom is 0.264 e. The van der Waals surface area contributed by atoms with Crippen molar-refractivity contribution < 1.29 is 26.5 Å². The standard InChI is InChI=1S/C9H4F5N3O/c10-4-3(9-16-2(1-15)17-18-9)5(11)7(13)8(14)6(4)12/h1,15H2. The molecule has 0 aliphatic rings. The molecule has 0 bridgehead atoms. The van der Waals surface area contributed by atoms with Gasteiger partial charge in [-0.05, 0) is 0 Å². The Morgan fingerprint density at radius 2 is 1.39 bits per heavy atom. The number of hydrogen-bond donors (Lipinski definition) is 1. The van der Waals surface area contributed by atoms with Crippen LogP contribution >= 0.6 is 0 Å². The Kier molecular flexibility index (Phi) is 2.99. The summed E-state index contributed by atoms with van der Waals surface area (Å²) < 4.78 is 69.6. The lowest BCUT2D eigenvalue weighted by Crippen LogP contribution is -2.04. The Labute approximate surface area is 96.2 Å². The maximum absolute atomic E-state index is 13.3. The van der Waals surface area contributed by atoms with E-state index in [1.807, 2.05) is 0 Å². The van der Waals surface area contributed by atoms with E-state index in [0.29, 0.717) is 0 Å². The van der Waals surface area contributed by atoms with Crippen LogP contribution in [0.2, 0.25) is 0 Å². The number of aromatic nitrogens is 2. The quantitative estimate of drug-likeness (QED) is 0.511. The minimum Gasteiger partial charge on any atom is -0.334 e. The molecule has 2 rings (SSSR count). The molecule has 0 aliphatic heterocycles. The first-order valence-electron chi connectivity index (χ1n) is 4.51. The van der Waals surface area contributed by atoms with E-state index in [9.17, 15) is 22.0 Å². The van der Waals surface area contributed by atoms with Crippen molar-refractivity contribution in [1.82, 2.24) is 10.1 Å². The van der Waals surface area contributed by atoms with E-state index in [4.69, 9.17) is 5.73 Å². The van der Waals surface area contributed by atoms with E-state index in [2.05, 4.69) is 14.7 Å². The number of nitrogens with two attached hydrogens (primary N) is 1. The Bertz CT molecular complexity index is 583. The number of hydrogen-bond acceptors (Lipinski definition) is 4. The summed E-state index contributed by atoms with van der Waals surface area (Å²) in [6, 6.07) is 0. The molecule has 2 aromatic rings. The zero-order valence-electron chi connectivity index (χ0n) is 8.48. The molecule has 1 heterocycles. The van der Waals surface area contributed by atoms with Gasteiger partial charge in [0.2, 0.25) is 5.82 Å². The van der Waals surface area contributed by atoms with Gasteiger partial charge in [0, 0.05) is 0 Å². The first-order chi connectivity index (χ1) is 8.47.